The van der Waals surface area contributed by atoms with E-state index in [0.717, 1.165) is 0 Å². The van der Waals surface area contributed by atoms with Gasteiger partial charge in [0, 0.05) is 5.92 Å². The SMILES string of the molecule is [2H]OC1([2H])[C@@H]2CCO[C@@H]2OC1([2H])[2H]. The molecule has 9 heavy (non-hydrogen) atoms. The lowest BCUT2D eigenvalue weighted by Crippen LogP contribution is -2.18. The Morgan fingerprint density at radius 2 is 2.78 bits per heavy atom. The molecule has 3 nitrogen and oxygen atoms in total. The average Bonchev–Trinajstić information content (AvgIpc) is 2.55. The highest BCUT2D eigenvalue weighted by Crippen LogP contribution is 2.30. The Morgan fingerprint density at radius 1 is 1.78 bits per heavy atom. The highest BCUT2D eigenvalue weighted by molar-refractivity contribution is 4.81. The second kappa shape index (κ2) is 1.94. The maximum absolute atomic E-state index is 7.67. The molecule has 2 rings (SSSR count). The third kappa shape index (κ3) is 0.764. The highest BCUT2D eigenvalue weighted by Gasteiger charge is 2.40. The van der Waals surface area contributed by atoms with Crippen LogP contribution in [0.1, 0.15) is 10.5 Å². The second-order valence-corrected chi connectivity index (χ2v) is 2.22. The largest absolute Gasteiger partial charge is 0.390 e. The first-order valence-electron chi connectivity index (χ1n) is 4.86. The molecule has 2 aliphatic heterocycles. The van der Waals surface area contributed by atoms with Crippen molar-refractivity contribution >= 4 is 0 Å². The molecule has 1 unspecified atom stereocenters. The summed E-state index contributed by atoms with van der Waals surface area (Å²) in [6.07, 6.45) is -2.21. The molecule has 0 spiro atoms. The summed E-state index contributed by atoms with van der Waals surface area (Å²) in [5, 5.41) is 4.16. The molecule has 52 valence electrons. The lowest BCUT2D eigenvalue weighted by molar-refractivity contribution is -0.0907. The van der Waals surface area contributed by atoms with Crippen LogP contribution in [0.5, 0.6) is 0 Å². The molecule has 2 aliphatic rings. The number of fused-ring (bicyclic) bond motifs is 1. The van der Waals surface area contributed by atoms with Gasteiger partial charge in [0.15, 0.2) is 6.29 Å². The van der Waals surface area contributed by atoms with Gasteiger partial charge in [0.2, 0.25) is 1.43 Å². The standard InChI is InChI=1S/C6H10O3/c7-5-3-9-6-4(5)1-2-8-6/h4-7H,1-3H2/t4-,5?,6+/m0/s1/i3D2,5D,7D. The first kappa shape index (κ1) is 2.86. The van der Waals surface area contributed by atoms with Crippen LogP contribution in [-0.4, -0.2) is 32.1 Å². The number of aliphatic hydroxyl groups is 1. The van der Waals surface area contributed by atoms with Gasteiger partial charge in [-0.05, 0) is 6.42 Å². The third-order valence-electron chi connectivity index (χ3n) is 1.65. The molecule has 0 aromatic carbocycles. The van der Waals surface area contributed by atoms with Crippen molar-refractivity contribution in [2.45, 2.75) is 18.8 Å². The van der Waals surface area contributed by atoms with Crippen LogP contribution in [0.15, 0.2) is 0 Å². The number of rotatable bonds is 1. The Bertz CT molecular complexity index is 224. The minimum absolute atomic E-state index is 0.426. The van der Waals surface area contributed by atoms with E-state index in [9.17, 15) is 0 Å². The summed E-state index contributed by atoms with van der Waals surface area (Å²) >= 11 is 0. The van der Waals surface area contributed by atoms with Crippen LogP contribution in [0.3, 0.4) is 0 Å². The maximum atomic E-state index is 7.67. The second-order valence-electron chi connectivity index (χ2n) is 2.22. The number of hydrogen-bond donors (Lipinski definition) is 1. The van der Waals surface area contributed by atoms with Crippen molar-refractivity contribution in [1.82, 2.24) is 0 Å². The Kier molecular flexibility index (Phi) is 0.616. The summed E-state index contributed by atoms with van der Waals surface area (Å²) in [7, 11) is 0. The van der Waals surface area contributed by atoms with E-state index in [4.69, 9.17) is 15.0 Å². The molecule has 0 aliphatic carbocycles. The quantitative estimate of drug-likeness (QED) is 0.537. The van der Waals surface area contributed by atoms with Gasteiger partial charge in [0.05, 0.1) is 23.4 Å². The average molecular weight is 134 g/mol. The van der Waals surface area contributed by atoms with E-state index in [0.29, 0.717) is 13.0 Å². The number of ether oxygens (including phenoxy) is 2. The molecule has 0 aromatic heterocycles. The zero-order chi connectivity index (χ0) is 9.69. The van der Waals surface area contributed by atoms with Crippen LogP contribution in [0.4, 0.5) is 0 Å². The topological polar surface area (TPSA) is 38.7 Å². The summed E-state index contributed by atoms with van der Waals surface area (Å²) in [5.74, 6) is -0.514. The molecule has 2 heterocycles. The predicted octanol–water partition coefficient (Wildman–Crippen LogP) is -0.260. The third-order valence-corrected chi connectivity index (χ3v) is 1.65. The van der Waals surface area contributed by atoms with Gasteiger partial charge >= 0.3 is 0 Å². The molecular weight excluding hydrogens is 120 g/mol. The molecule has 0 aromatic rings. The Morgan fingerprint density at radius 3 is 3.67 bits per heavy atom. The van der Waals surface area contributed by atoms with Crippen molar-refractivity contribution in [3.8, 4) is 0 Å². The van der Waals surface area contributed by atoms with Gasteiger partial charge in [-0.1, -0.05) is 0 Å². The zero-order valence-electron chi connectivity index (χ0n) is 8.79. The molecule has 2 fully saturated rings. The fraction of sp³-hybridized carbons (Fsp3) is 1.00. The van der Waals surface area contributed by atoms with Gasteiger partial charge in [-0.3, -0.25) is 0 Å². The highest BCUT2D eigenvalue weighted by atomic mass is 16.7. The van der Waals surface area contributed by atoms with Crippen molar-refractivity contribution < 1.29 is 18.7 Å². The lowest BCUT2D eigenvalue weighted by Gasteiger charge is -2.06. The van der Waals surface area contributed by atoms with E-state index < -0.39 is 24.8 Å². The molecule has 0 radical (unpaired) electrons. The van der Waals surface area contributed by atoms with E-state index >= 15 is 0 Å². The van der Waals surface area contributed by atoms with Gasteiger partial charge < -0.3 is 14.6 Å². The zero-order valence-corrected chi connectivity index (χ0v) is 4.79. The molecule has 0 bridgehead atoms. The van der Waals surface area contributed by atoms with E-state index in [1.165, 1.54) is 0 Å². The maximum Gasteiger partial charge on any atom is 0.211 e. The van der Waals surface area contributed by atoms with Gasteiger partial charge in [-0.25, -0.2) is 0 Å². The molecule has 0 amide bonds. The Balaban J connectivity index is 2.30. The minimum atomic E-state index is -2.27. The fourth-order valence-electron chi connectivity index (χ4n) is 1.13. The van der Waals surface area contributed by atoms with Crippen LogP contribution >= 0.6 is 0 Å². The molecule has 3 atom stereocenters. The normalized spacial score (nSPS) is 69.8. The molecule has 0 saturated carbocycles. The van der Waals surface area contributed by atoms with Gasteiger partial charge in [-0.2, -0.15) is 0 Å². The molecule has 1 N–H and O–H groups in total. The van der Waals surface area contributed by atoms with E-state index in [1.807, 2.05) is 0 Å². The minimum Gasteiger partial charge on any atom is -0.390 e. The van der Waals surface area contributed by atoms with Gasteiger partial charge in [0.1, 0.15) is 0 Å². The number of hydrogen-bond acceptors (Lipinski definition) is 3. The van der Waals surface area contributed by atoms with Crippen molar-refractivity contribution in [3.63, 3.8) is 0 Å². The van der Waals surface area contributed by atoms with Crippen molar-refractivity contribution in [1.29, 1.82) is 1.43 Å². The summed E-state index contributed by atoms with van der Waals surface area (Å²) in [4.78, 5) is 0. The summed E-state index contributed by atoms with van der Waals surface area (Å²) in [5.41, 5.74) is 0. The molecule has 3 heteroatoms. The first-order chi connectivity index (χ1) is 6.01. The summed E-state index contributed by atoms with van der Waals surface area (Å²) < 4.78 is 39.1. The molecule has 2 saturated heterocycles. The lowest BCUT2D eigenvalue weighted by atomic mass is 10.0. The van der Waals surface area contributed by atoms with Crippen molar-refractivity contribution in [2.75, 3.05) is 13.2 Å². The van der Waals surface area contributed by atoms with Crippen molar-refractivity contribution in [2.24, 2.45) is 5.92 Å². The Hall–Kier alpha value is -0.120. The van der Waals surface area contributed by atoms with E-state index in [1.54, 1.807) is 0 Å². The summed E-state index contributed by atoms with van der Waals surface area (Å²) in [6.45, 7) is -1.85. The van der Waals surface area contributed by atoms with Gasteiger partial charge in [-0.15, -0.1) is 0 Å². The van der Waals surface area contributed by atoms with Crippen LogP contribution in [0.2, 0.25) is 0 Å². The smallest absolute Gasteiger partial charge is 0.211 e. The van der Waals surface area contributed by atoms with Crippen LogP contribution in [-0.2, 0) is 9.47 Å². The van der Waals surface area contributed by atoms with E-state index in [2.05, 4.69) is 5.11 Å². The fourth-order valence-corrected chi connectivity index (χ4v) is 1.13. The van der Waals surface area contributed by atoms with Crippen LogP contribution in [0.25, 0.3) is 0 Å². The Labute approximate surface area is 59.3 Å². The van der Waals surface area contributed by atoms with E-state index in [-0.39, 0.29) is 0 Å². The monoisotopic (exact) mass is 134 g/mol. The van der Waals surface area contributed by atoms with Gasteiger partial charge in [0.25, 0.3) is 0 Å². The molecular formula is C6H10O3. The predicted molar refractivity (Wildman–Crippen MR) is 29.8 cm³/mol. The summed E-state index contributed by atoms with van der Waals surface area (Å²) in [6, 6.07) is 0. The first-order valence-corrected chi connectivity index (χ1v) is 2.95. The van der Waals surface area contributed by atoms with Crippen LogP contribution < -0.4 is 0 Å². The van der Waals surface area contributed by atoms with Crippen LogP contribution in [0, 0.1) is 5.92 Å². The van der Waals surface area contributed by atoms with Crippen molar-refractivity contribution in [3.05, 3.63) is 0 Å².